The summed E-state index contributed by atoms with van der Waals surface area (Å²) in [6, 6.07) is 5.36. The number of hydrogen-bond donors (Lipinski definition) is 2. The van der Waals surface area contributed by atoms with E-state index in [1.807, 2.05) is 0 Å². The molecule has 100 valence electrons. The van der Waals surface area contributed by atoms with Crippen molar-refractivity contribution in [2.45, 2.75) is 43.9 Å². The van der Waals surface area contributed by atoms with E-state index in [0.717, 1.165) is 37.8 Å². The molecule has 0 aromatic heterocycles. The third kappa shape index (κ3) is 3.16. The third-order valence-electron chi connectivity index (χ3n) is 3.38. The van der Waals surface area contributed by atoms with Gasteiger partial charge in [-0.3, -0.25) is 0 Å². The smallest absolute Gasteiger partial charge is 0.381 e. The third-order valence-corrected chi connectivity index (χ3v) is 3.38. The maximum Gasteiger partial charge on any atom is 0.416 e. The number of alkyl halides is 3. The highest BCUT2D eigenvalue weighted by Crippen LogP contribution is 2.30. The van der Waals surface area contributed by atoms with Crippen molar-refractivity contribution in [3.8, 4) is 0 Å². The van der Waals surface area contributed by atoms with Crippen molar-refractivity contribution in [1.29, 1.82) is 0 Å². The average Bonchev–Trinajstić information content (AvgIpc) is 2.32. The number of anilines is 1. The molecule has 1 fully saturated rings. The van der Waals surface area contributed by atoms with Crippen LogP contribution in [0.2, 0.25) is 0 Å². The van der Waals surface area contributed by atoms with Gasteiger partial charge in [0.05, 0.1) is 5.56 Å². The predicted octanol–water partition coefficient (Wildman–Crippen LogP) is 3.39. The Morgan fingerprint density at radius 1 is 1.06 bits per heavy atom. The van der Waals surface area contributed by atoms with Crippen molar-refractivity contribution in [2.75, 3.05) is 5.32 Å². The summed E-state index contributed by atoms with van der Waals surface area (Å²) in [6.07, 6.45) is -0.0847. The summed E-state index contributed by atoms with van der Waals surface area (Å²) in [5.41, 5.74) is 6.06. The van der Waals surface area contributed by atoms with Crippen LogP contribution in [0.1, 0.15) is 31.2 Å². The van der Waals surface area contributed by atoms with Crippen LogP contribution in [0.3, 0.4) is 0 Å². The van der Waals surface area contributed by atoms with E-state index >= 15 is 0 Å². The monoisotopic (exact) mass is 258 g/mol. The Morgan fingerprint density at radius 2 is 1.67 bits per heavy atom. The summed E-state index contributed by atoms with van der Waals surface area (Å²) < 4.78 is 37.2. The summed E-state index contributed by atoms with van der Waals surface area (Å²) in [6.45, 7) is 0. The zero-order chi connectivity index (χ0) is 13.2. The van der Waals surface area contributed by atoms with Crippen molar-refractivity contribution in [1.82, 2.24) is 0 Å². The highest BCUT2D eigenvalue weighted by molar-refractivity contribution is 5.46. The molecule has 0 radical (unpaired) electrons. The highest BCUT2D eigenvalue weighted by atomic mass is 19.4. The van der Waals surface area contributed by atoms with E-state index in [4.69, 9.17) is 5.73 Å². The van der Waals surface area contributed by atoms with E-state index in [0.29, 0.717) is 5.69 Å². The van der Waals surface area contributed by atoms with Crippen LogP contribution in [0.15, 0.2) is 24.3 Å². The van der Waals surface area contributed by atoms with Crippen molar-refractivity contribution in [3.63, 3.8) is 0 Å². The molecule has 3 N–H and O–H groups in total. The van der Waals surface area contributed by atoms with E-state index in [-0.39, 0.29) is 12.1 Å². The second-order valence-electron chi connectivity index (χ2n) is 4.77. The first-order chi connectivity index (χ1) is 8.47. The summed E-state index contributed by atoms with van der Waals surface area (Å²) >= 11 is 0. The Labute approximate surface area is 104 Å². The standard InChI is InChI=1S/C13H17F3N2/c14-13(15,16)9-5-7-10(8-6-9)18-12-4-2-1-3-11(12)17/h5-8,11-12,18H,1-4,17H2/t11-,12-/m1/s1. The first-order valence-electron chi connectivity index (χ1n) is 6.16. The molecule has 0 heterocycles. The van der Waals surface area contributed by atoms with Crippen LogP contribution in [0.4, 0.5) is 18.9 Å². The first-order valence-corrected chi connectivity index (χ1v) is 6.16. The molecule has 18 heavy (non-hydrogen) atoms. The van der Waals surface area contributed by atoms with Crippen molar-refractivity contribution in [2.24, 2.45) is 5.73 Å². The minimum atomic E-state index is -4.28. The van der Waals surface area contributed by atoms with Gasteiger partial charge in [-0.2, -0.15) is 13.2 Å². The molecule has 0 amide bonds. The molecule has 2 rings (SSSR count). The van der Waals surface area contributed by atoms with E-state index in [2.05, 4.69) is 5.32 Å². The van der Waals surface area contributed by atoms with Gasteiger partial charge >= 0.3 is 6.18 Å². The van der Waals surface area contributed by atoms with E-state index < -0.39 is 11.7 Å². The van der Waals surface area contributed by atoms with Crippen LogP contribution in [-0.2, 0) is 6.18 Å². The van der Waals surface area contributed by atoms with Gasteiger partial charge in [-0.1, -0.05) is 12.8 Å². The van der Waals surface area contributed by atoms with E-state index in [1.165, 1.54) is 12.1 Å². The molecular weight excluding hydrogens is 241 g/mol. The molecule has 0 unspecified atom stereocenters. The minimum Gasteiger partial charge on any atom is -0.381 e. The molecule has 2 atom stereocenters. The molecule has 1 aromatic carbocycles. The van der Waals surface area contributed by atoms with Crippen LogP contribution >= 0.6 is 0 Å². The summed E-state index contributed by atoms with van der Waals surface area (Å²) in [5.74, 6) is 0. The van der Waals surface area contributed by atoms with Gasteiger partial charge in [-0.15, -0.1) is 0 Å². The summed E-state index contributed by atoms with van der Waals surface area (Å²) in [4.78, 5) is 0. The topological polar surface area (TPSA) is 38.0 Å². The van der Waals surface area contributed by atoms with Crippen LogP contribution in [0.25, 0.3) is 0 Å². The molecule has 0 saturated heterocycles. The number of halogens is 3. The van der Waals surface area contributed by atoms with Gasteiger partial charge in [0.15, 0.2) is 0 Å². The van der Waals surface area contributed by atoms with Crippen LogP contribution in [-0.4, -0.2) is 12.1 Å². The highest BCUT2D eigenvalue weighted by Gasteiger charge is 2.30. The molecule has 1 aliphatic rings. The fourth-order valence-electron chi connectivity index (χ4n) is 2.31. The van der Waals surface area contributed by atoms with E-state index in [9.17, 15) is 13.2 Å². The SMILES string of the molecule is N[C@@H]1CCCC[C@H]1Nc1ccc(C(F)(F)F)cc1. The largest absolute Gasteiger partial charge is 0.416 e. The Kier molecular flexibility index (Phi) is 3.80. The molecule has 1 aromatic rings. The molecule has 1 saturated carbocycles. The van der Waals surface area contributed by atoms with Gasteiger partial charge in [0.1, 0.15) is 0 Å². The first kappa shape index (κ1) is 13.2. The predicted molar refractivity (Wildman–Crippen MR) is 65.3 cm³/mol. The second kappa shape index (κ2) is 5.18. The molecule has 0 bridgehead atoms. The maximum absolute atomic E-state index is 12.4. The van der Waals surface area contributed by atoms with Gasteiger partial charge in [0.25, 0.3) is 0 Å². The normalized spacial score (nSPS) is 24.9. The number of nitrogens with one attached hydrogen (secondary N) is 1. The molecule has 0 spiro atoms. The lowest BCUT2D eigenvalue weighted by Gasteiger charge is -2.30. The summed E-state index contributed by atoms with van der Waals surface area (Å²) in [5, 5.41) is 3.22. The molecule has 2 nitrogen and oxygen atoms in total. The lowest BCUT2D eigenvalue weighted by Crippen LogP contribution is -2.42. The van der Waals surface area contributed by atoms with Crippen molar-refractivity contribution >= 4 is 5.69 Å². The van der Waals surface area contributed by atoms with E-state index in [1.54, 1.807) is 0 Å². The zero-order valence-corrected chi connectivity index (χ0v) is 10.0. The van der Waals surface area contributed by atoms with Gasteiger partial charge < -0.3 is 11.1 Å². The zero-order valence-electron chi connectivity index (χ0n) is 10.0. The lowest BCUT2D eigenvalue weighted by atomic mass is 9.91. The fraction of sp³-hybridized carbons (Fsp3) is 0.538. The quantitative estimate of drug-likeness (QED) is 0.853. The van der Waals surface area contributed by atoms with Gasteiger partial charge in [-0.25, -0.2) is 0 Å². The second-order valence-corrected chi connectivity index (χ2v) is 4.77. The molecular formula is C13H17F3N2. The Balaban J connectivity index is 2.02. The lowest BCUT2D eigenvalue weighted by molar-refractivity contribution is -0.137. The van der Waals surface area contributed by atoms with Crippen LogP contribution in [0, 0.1) is 0 Å². The van der Waals surface area contributed by atoms with Gasteiger partial charge in [0.2, 0.25) is 0 Å². The van der Waals surface area contributed by atoms with Crippen molar-refractivity contribution < 1.29 is 13.2 Å². The van der Waals surface area contributed by atoms with Gasteiger partial charge in [-0.05, 0) is 37.1 Å². The Morgan fingerprint density at radius 3 is 2.22 bits per heavy atom. The van der Waals surface area contributed by atoms with Crippen LogP contribution < -0.4 is 11.1 Å². The fourth-order valence-corrected chi connectivity index (χ4v) is 2.31. The Bertz CT molecular complexity index is 386. The average molecular weight is 258 g/mol. The Hall–Kier alpha value is -1.23. The molecule has 0 aliphatic heterocycles. The molecule has 1 aliphatic carbocycles. The number of benzene rings is 1. The number of nitrogens with two attached hydrogens (primary N) is 1. The molecule has 5 heteroatoms. The van der Waals surface area contributed by atoms with Crippen molar-refractivity contribution in [3.05, 3.63) is 29.8 Å². The maximum atomic E-state index is 12.4. The van der Waals surface area contributed by atoms with Crippen LogP contribution in [0.5, 0.6) is 0 Å². The number of rotatable bonds is 2. The summed E-state index contributed by atoms with van der Waals surface area (Å²) in [7, 11) is 0. The minimum absolute atomic E-state index is 0.0843. The van der Waals surface area contributed by atoms with Gasteiger partial charge in [0, 0.05) is 17.8 Å². The number of hydrogen-bond acceptors (Lipinski definition) is 2.